The summed E-state index contributed by atoms with van der Waals surface area (Å²) >= 11 is 12.2. The van der Waals surface area contributed by atoms with Gasteiger partial charge in [0.15, 0.2) is 0 Å². The molecule has 204 valence electrons. The van der Waals surface area contributed by atoms with E-state index in [2.05, 4.69) is 5.32 Å². The Labute approximate surface area is 228 Å². The highest BCUT2D eigenvalue weighted by molar-refractivity contribution is 7.92. The minimum Gasteiger partial charge on any atom is -0.497 e. The second-order valence-electron chi connectivity index (χ2n) is 8.57. The minimum absolute atomic E-state index is 0.00215. The Balaban J connectivity index is 2.48. The van der Waals surface area contributed by atoms with E-state index >= 15 is 0 Å². The molecule has 0 aliphatic rings. The van der Waals surface area contributed by atoms with Gasteiger partial charge in [-0.05, 0) is 50.1 Å². The fourth-order valence-corrected chi connectivity index (χ4v) is 4.64. The summed E-state index contributed by atoms with van der Waals surface area (Å²) in [6, 6.07) is 8.46. The third-order valence-electron chi connectivity index (χ3n) is 5.84. The number of hydrogen-bond acceptors (Lipinski definition) is 6. The van der Waals surface area contributed by atoms with E-state index in [4.69, 9.17) is 32.7 Å². The Kier molecular flexibility index (Phi) is 10.9. The van der Waals surface area contributed by atoms with Crippen LogP contribution < -0.4 is 19.1 Å². The summed E-state index contributed by atoms with van der Waals surface area (Å²) in [5.41, 5.74) is 0.782. The molecule has 2 aromatic rings. The Morgan fingerprint density at radius 3 is 2.24 bits per heavy atom. The topological polar surface area (TPSA) is 105 Å². The predicted molar refractivity (Wildman–Crippen MR) is 146 cm³/mol. The lowest BCUT2D eigenvalue weighted by Gasteiger charge is -2.32. The largest absolute Gasteiger partial charge is 0.497 e. The SMILES string of the molecule is CC[C@H](C)NC(=O)[C@@H](C)N(Cc1ccc(Cl)c(Cl)c1)C(=O)CN(c1ccc(OC)cc1OC)S(C)(=O)=O. The number of carbonyl (C=O) groups excluding carboxylic acids is 2. The van der Waals surface area contributed by atoms with Crippen molar-refractivity contribution in [2.45, 2.75) is 45.8 Å². The van der Waals surface area contributed by atoms with E-state index in [-0.39, 0.29) is 29.9 Å². The number of anilines is 1. The molecular formula is C25H33Cl2N3O6S. The van der Waals surface area contributed by atoms with Crippen LogP contribution in [0.15, 0.2) is 36.4 Å². The number of nitrogens with one attached hydrogen (secondary N) is 1. The number of ether oxygens (including phenoxy) is 2. The van der Waals surface area contributed by atoms with Crippen molar-refractivity contribution >= 4 is 50.7 Å². The molecule has 2 amide bonds. The van der Waals surface area contributed by atoms with Crippen molar-refractivity contribution in [1.82, 2.24) is 10.2 Å². The van der Waals surface area contributed by atoms with E-state index < -0.39 is 28.5 Å². The smallest absolute Gasteiger partial charge is 0.244 e. The van der Waals surface area contributed by atoms with Gasteiger partial charge in [0.25, 0.3) is 0 Å². The Bertz CT molecular complexity index is 1220. The maximum Gasteiger partial charge on any atom is 0.244 e. The molecule has 37 heavy (non-hydrogen) atoms. The number of rotatable bonds is 12. The molecule has 0 aliphatic carbocycles. The number of hydrogen-bond donors (Lipinski definition) is 1. The Hall–Kier alpha value is -2.69. The molecule has 0 fully saturated rings. The van der Waals surface area contributed by atoms with E-state index in [1.807, 2.05) is 13.8 Å². The number of nitrogens with zero attached hydrogens (tertiary/aromatic N) is 2. The molecule has 0 aliphatic heterocycles. The van der Waals surface area contributed by atoms with Gasteiger partial charge >= 0.3 is 0 Å². The summed E-state index contributed by atoms with van der Waals surface area (Å²) in [5, 5.41) is 3.51. The van der Waals surface area contributed by atoms with Crippen molar-refractivity contribution < 1.29 is 27.5 Å². The molecule has 0 heterocycles. The second kappa shape index (κ2) is 13.2. The van der Waals surface area contributed by atoms with Crippen LogP contribution in [0, 0.1) is 0 Å². The van der Waals surface area contributed by atoms with Gasteiger partial charge < -0.3 is 19.7 Å². The van der Waals surface area contributed by atoms with Gasteiger partial charge in [-0.25, -0.2) is 8.42 Å². The monoisotopic (exact) mass is 573 g/mol. The Morgan fingerprint density at radius 2 is 1.70 bits per heavy atom. The lowest BCUT2D eigenvalue weighted by molar-refractivity contribution is -0.139. The van der Waals surface area contributed by atoms with Crippen LogP contribution in [-0.4, -0.2) is 64.2 Å². The van der Waals surface area contributed by atoms with Crippen LogP contribution in [0.3, 0.4) is 0 Å². The first-order valence-electron chi connectivity index (χ1n) is 11.6. The number of halogens is 2. The number of methoxy groups -OCH3 is 2. The lowest BCUT2D eigenvalue weighted by Crippen LogP contribution is -2.52. The highest BCUT2D eigenvalue weighted by Crippen LogP contribution is 2.34. The molecule has 0 spiro atoms. The van der Waals surface area contributed by atoms with Gasteiger partial charge in [-0.3, -0.25) is 13.9 Å². The molecule has 2 aromatic carbocycles. The normalized spacial score (nSPS) is 12.9. The summed E-state index contributed by atoms with van der Waals surface area (Å²) in [7, 11) is -1.07. The molecular weight excluding hydrogens is 541 g/mol. The van der Waals surface area contributed by atoms with Crippen LogP contribution >= 0.6 is 23.2 Å². The molecule has 1 N–H and O–H groups in total. The third-order valence-corrected chi connectivity index (χ3v) is 7.71. The number of carbonyl (C=O) groups is 2. The molecule has 12 heteroatoms. The molecule has 9 nitrogen and oxygen atoms in total. The number of benzene rings is 2. The van der Waals surface area contributed by atoms with Crippen molar-refractivity contribution in [3.63, 3.8) is 0 Å². The quantitative estimate of drug-likeness (QED) is 0.409. The number of sulfonamides is 1. The fraction of sp³-hybridized carbons (Fsp3) is 0.440. The van der Waals surface area contributed by atoms with Crippen molar-refractivity contribution in [1.29, 1.82) is 0 Å². The average Bonchev–Trinajstić information content (AvgIpc) is 2.86. The first kappa shape index (κ1) is 30.5. The van der Waals surface area contributed by atoms with Gasteiger partial charge in [0.2, 0.25) is 21.8 Å². The van der Waals surface area contributed by atoms with Crippen LogP contribution in [0.4, 0.5) is 5.69 Å². The zero-order valence-electron chi connectivity index (χ0n) is 21.7. The van der Waals surface area contributed by atoms with Gasteiger partial charge in [-0.2, -0.15) is 0 Å². The molecule has 0 bridgehead atoms. The van der Waals surface area contributed by atoms with Gasteiger partial charge in [-0.15, -0.1) is 0 Å². The van der Waals surface area contributed by atoms with E-state index in [1.54, 1.807) is 31.2 Å². The highest BCUT2D eigenvalue weighted by Gasteiger charge is 2.31. The summed E-state index contributed by atoms with van der Waals surface area (Å²) in [4.78, 5) is 28.0. The van der Waals surface area contributed by atoms with Gasteiger partial charge in [0.05, 0.1) is 36.2 Å². The summed E-state index contributed by atoms with van der Waals surface area (Å²) in [5.74, 6) is -0.301. The first-order valence-corrected chi connectivity index (χ1v) is 14.2. The summed E-state index contributed by atoms with van der Waals surface area (Å²) in [6.07, 6.45) is 1.70. The maximum absolute atomic E-state index is 13.7. The van der Waals surface area contributed by atoms with Crippen LogP contribution in [0.1, 0.15) is 32.8 Å². The molecule has 0 aromatic heterocycles. The van der Waals surface area contributed by atoms with E-state index in [0.717, 1.165) is 10.6 Å². The van der Waals surface area contributed by atoms with Crippen LogP contribution in [0.2, 0.25) is 10.0 Å². The summed E-state index contributed by atoms with van der Waals surface area (Å²) < 4.78 is 37.1. The van der Waals surface area contributed by atoms with Gasteiger partial charge in [0, 0.05) is 18.7 Å². The van der Waals surface area contributed by atoms with Crippen molar-refractivity contribution in [3.05, 3.63) is 52.0 Å². The van der Waals surface area contributed by atoms with E-state index in [1.165, 1.54) is 31.3 Å². The molecule has 2 rings (SSSR count). The zero-order valence-corrected chi connectivity index (χ0v) is 24.1. The van der Waals surface area contributed by atoms with Gasteiger partial charge in [0.1, 0.15) is 24.1 Å². The van der Waals surface area contributed by atoms with E-state index in [0.29, 0.717) is 27.8 Å². The van der Waals surface area contributed by atoms with Crippen LogP contribution in [-0.2, 0) is 26.2 Å². The van der Waals surface area contributed by atoms with Gasteiger partial charge in [-0.1, -0.05) is 36.2 Å². The average molecular weight is 575 g/mol. The Morgan fingerprint density at radius 1 is 1.03 bits per heavy atom. The lowest BCUT2D eigenvalue weighted by atomic mass is 10.1. The van der Waals surface area contributed by atoms with Crippen LogP contribution in [0.25, 0.3) is 0 Å². The predicted octanol–water partition coefficient (Wildman–Crippen LogP) is 4.11. The first-order chi connectivity index (χ1) is 17.3. The molecule has 0 unspecified atom stereocenters. The fourth-order valence-electron chi connectivity index (χ4n) is 3.47. The zero-order chi connectivity index (χ0) is 27.9. The van der Waals surface area contributed by atoms with Crippen molar-refractivity contribution in [3.8, 4) is 11.5 Å². The third kappa shape index (κ3) is 8.15. The maximum atomic E-state index is 13.7. The molecule has 0 saturated heterocycles. The van der Waals surface area contributed by atoms with Crippen molar-refractivity contribution in [2.75, 3.05) is 31.3 Å². The molecule has 0 saturated carbocycles. The minimum atomic E-state index is -3.93. The summed E-state index contributed by atoms with van der Waals surface area (Å²) in [6.45, 7) is 4.81. The molecule has 0 radical (unpaired) electrons. The number of amides is 2. The van der Waals surface area contributed by atoms with E-state index in [9.17, 15) is 18.0 Å². The molecule has 2 atom stereocenters. The van der Waals surface area contributed by atoms with Crippen molar-refractivity contribution in [2.24, 2.45) is 0 Å². The highest BCUT2D eigenvalue weighted by atomic mass is 35.5. The van der Waals surface area contributed by atoms with Crippen LogP contribution in [0.5, 0.6) is 11.5 Å². The second-order valence-corrected chi connectivity index (χ2v) is 11.3. The standard InChI is InChI=1S/C25H33Cl2N3O6S/c1-7-16(2)28-25(32)17(3)29(14-18-8-10-20(26)21(27)12-18)24(31)15-30(37(6,33)34)22-11-9-19(35-4)13-23(22)36-5/h8-13,16-17H,7,14-15H2,1-6H3,(H,28,32)/t16-,17+/m0/s1.